The fraction of sp³-hybridized carbons (Fsp3) is 0.600. The fourth-order valence-corrected chi connectivity index (χ4v) is 2.15. The van der Waals surface area contributed by atoms with E-state index in [2.05, 4.69) is 5.10 Å². The van der Waals surface area contributed by atoms with E-state index in [1.165, 1.54) is 19.3 Å². The normalized spacial score (nSPS) is 17.5. The molecule has 1 aromatic heterocycles. The van der Waals surface area contributed by atoms with Crippen molar-refractivity contribution < 1.29 is 0 Å². The van der Waals surface area contributed by atoms with Gasteiger partial charge in [-0.15, -0.1) is 0 Å². The van der Waals surface area contributed by atoms with Crippen molar-refractivity contribution >= 4 is 11.5 Å². The lowest BCUT2D eigenvalue weighted by atomic mass is 9.96. The van der Waals surface area contributed by atoms with E-state index < -0.39 is 0 Å². The second-order valence-electron chi connectivity index (χ2n) is 4.00. The predicted octanol–water partition coefficient (Wildman–Crippen LogP) is 1.42. The molecule has 0 spiro atoms. The summed E-state index contributed by atoms with van der Waals surface area (Å²) in [7, 11) is 0. The Balaban J connectivity index is 2.31. The standard InChI is InChI=1S/C10H15N5/c11-6-8-9(12)10(13)15(14-8)7-4-2-1-3-5-7/h7H,1-5,12-13H2. The first kappa shape index (κ1) is 9.84. The highest BCUT2D eigenvalue weighted by atomic mass is 15.3. The molecule has 0 amide bonds. The summed E-state index contributed by atoms with van der Waals surface area (Å²) in [6.45, 7) is 0. The number of nitrogens with zero attached hydrogens (tertiary/aromatic N) is 3. The molecule has 1 aliphatic carbocycles. The molecule has 0 atom stereocenters. The molecule has 1 saturated carbocycles. The number of hydrogen-bond acceptors (Lipinski definition) is 4. The van der Waals surface area contributed by atoms with E-state index in [0.29, 0.717) is 17.5 Å². The minimum absolute atomic E-state index is 0.248. The first-order valence-corrected chi connectivity index (χ1v) is 5.27. The molecule has 1 aliphatic rings. The number of anilines is 2. The summed E-state index contributed by atoms with van der Waals surface area (Å²) in [4.78, 5) is 0. The van der Waals surface area contributed by atoms with E-state index in [9.17, 15) is 0 Å². The molecule has 15 heavy (non-hydrogen) atoms. The zero-order valence-corrected chi connectivity index (χ0v) is 8.61. The van der Waals surface area contributed by atoms with Crippen LogP contribution in [0.15, 0.2) is 0 Å². The highest BCUT2D eigenvalue weighted by Gasteiger charge is 2.21. The summed E-state index contributed by atoms with van der Waals surface area (Å²) in [5.41, 5.74) is 12.1. The van der Waals surface area contributed by atoms with Crippen molar-refractivity contribution in [3.05, 3.63) is 5.69 Å². The molecule has 1 aromatic rings. The molecule has 80 valence electrons. The third-order valence-electron chi connectivity index (χ3n) is 3.01. The van der Waals surface area contributed by atoms with E-state index >= 15 is 0 Å². The summed E-state index contributed by atoms with van der Waals surface area (Å²) in [6.07, 6.45) is 5.84. The molecule has 0 unspecified atom stereocenters. The van der Waals surface area contributed by atoms with Gasteiger partial charge in [0.2, 0.25) is 0 Å². The van der Waals surface area contributed by atoms with Gasteiger partial charge in [-0.1, -0.05) is 19.3 Å². The van der Waals surface area contributed by atoms with Crippen LogP contribution in [0, 0.1) is 11.3 Å². The molecule has 1 heterocycles. The molecule has 0 radical (unpaired) electrons. The first-order valence-electron chi connectivity index (χ1n) is 5.27. The molecular weight excluding hydrogens is 190 g/mol. The summed E-state index contributed by atoms with van der Waals surface area (Å²) in [5, 5.41) is 13.0. The molecule has 0 aliphatic heterocycles. The Hall–Kier alpha value is -1.70. The van der Waals surface area contributed by atoms with Crippen LogP contribution in [0.5, 0.6) is 0 Å². The molecule has 5 heteroatoms. The second kappa shape index (κ2) is 3.81. The van der Waals surface area contributed by atoms with Crippen molar-refractivity contribution in [1.29, 1.82) is 5.26 Å². The van der Waals surface area contributed by atoms with Gasteiger partial charge in [0, 0.05) is 0 Å². The summed E-state index contributed by atoms with van der Waals surface area (Å²) < 4.78 is 1.73. The average molecular weight is 205 g/mol. The van der Waals surface area contributed by atoms with Crippen LogP contribution in [-0.2, 0) is 0 Å². The van der Waals surface area contributed by atoms with Crippen LogP contribution in [-0.4, -0.2) is 9.78 Å². The minimum Gasteiger partial charge on any atom is -0.393 e. The Kier molecular flexibility index (Phi) is 2.50. The van der Waals surface area contributed by atoms with Crippen LogP contribution in [0.1, 0.15) is 43.8 Å². The van der Waals surface area contributed by atoms with Crippen LogP contribution in [0.2, 0.25) is 0 Å². The quantitative estimate of drug-likeness (QED) is 0.725. The molecular formula is C10H15N5. The van der Waals surface area contributed by atoms with Gasteiger partial charge in [-0.25, -0.2) is 4.68 Å². The molecule has 0 aromatic carbocycles. The smallest absolute Gasteiger partial charge is 0.187 e. The van der Waals surface area contributed by atoms with Crippen molar-refractivity contribution in [3.8, 4) is 6.07 Å². The molecule has 2 rings (SSSR count). The van der Waals surface area contributed by atoms with Crippen LogP contribution in [0.25, 0.3) is 0 Å². The van der Waals surface area contributed by atoms with Crippen LogP contribution in [0.4, 0.5) is 11.5 Å². The number of rotatable bonds is 1. The van der Waals surface area contributed by atoms with Crippen molar-refractivity contribution in [2.75, 3.05) is 11.5 Å². The van der Waals surface area contributed by atoms with Gasteiger partial charge in [-0.3, -0.25) is 0 Å². The third-order valence-corrected chi connectivity index (χ3v) is 3.01. The van der Waals surface area contributed by atoms with Crippen molar-refractivity contribution in [2.24, 2.45) is 0 Å². The lowest BCUT2D eigenvalue weighted by Gasteiger charge is -2.22. The van der Waals surface area contributed by atoms with Gasteiger partial charge in [-0.2, -0.15) is 10.4 Å². The highest BCUT2D eigenvalue weighted by molar-refractivity contribution is 5.65. The molecule has 0 saturated heterocycles. The van der Waals surface area contributed by atoms with Crippen LogP contribution >= 0.6 is 0 Å². The third kappa shape index (κ3) is 1.63. The lowest BCUT2D eigenvalue weighted by molar-refractivity contribution is 0.333. The van der Waals surface area contributed by atoms with Gasteiger partial charge >= 0.3 is 0 Å². The number of nitrogen functional groups attached to an aromatic ring is 2. The Bertz CT molecular complexity index is 395. The zero-order valence-electron chi connectivity index (χ0n) is 8.61. The Morgan fingerprint density at radius 3 is 2.47 bits per heavy atom. The van der Waals surface area contributed by atoms with Crippen molar-refractivity contribution in [2.45, 2.75) is 38.1 Å². The SMILES string of the molecule is N#Cc1nn(C2CCCCC2)c(N)c1N. The first-order chi connectivity index (χ1) is 7.24. The Morgan fingerprint density at radius 2 is 1.93 bits per heavy atom. The fourth-order valence-electron chi connectivity index (χ4n) is 2.15. The molecule has 4 N–H and O–H groups in total. The maximum Gasteiger partial charge on any atom is 0.187 e. The summed E-state index contributed by atoms with van der Waals surface area (Å²) in [6, 6.07) is 2.28. The average Bonchev–Trinajstić information content (AvgIpc) is 2.57. The highest BCUT2D eigenvalue weighted by Crippen LogP contribution is 2.32. The van der Waals surface area contributed by atoms with Gasteiger partial charge in [0.15, 0.2) is 5.69 Å². The van der Waals surface area contributed by atoms with Gasteiger partial charge in [-0.05, 0) is 12.8 Å². The molecule has 1 fully saturated rings. The number of aromatic nitrogens is 2. The minimum atomic E-state index is 0.248. The predicted molar refractivity (Wildman–Crippen MR) is 57.9 cm³/mol. The number of hydrogen-bond donors (Lipinski definition) is 2. The summed E-state index contributed by atoms with van der Waals surface area (Å²) in [5.74, 6) is 0.443. The Labute approximate surface area is 88.7 Å². The zero-order chi connectivity index (χ0) is 10.8. The topological polar surface area (TPSA) is 93.6 Å². The van der Waals surface area contributed by atoms with E-state index in [4.69, 9.17) is 16.7 Å². The maximum atomic E-state index is 8.79. The van der Waals surface area contributed by atoms with Gasteiger partial charge in [0.05, 0.1) is 6.04 Å². The van der Waals surface area contributed by atoms with E-state index in [-0.39, 0.29) is 5.69 Å². The van der Waals surface area contributed by atoms with Gasteiger partial charge < -0.3 is 11.5 Å². The number of nitriles is 1. The molecule has 5 nitrogen and oxygen atoms in total. The van der Waals surface area contributed by atoms with E-state index in [1.807, 2.05) is 6.07 Å². The van der Waals surface area contributed by atoms with Crippen molar-refractivity contribution in [1.82, 2.24) is 9.78 Å². The maximum absolute atomic E-state index is 8.79. The van der Waals surface area contributed by atoms with Crippen LogP contribution < -0.4 is 11.5 Å². The van der Waals surface area contributed by atoms with Crippen LogP contribution in [0.3, 0.4) is 0 Å². The molecule has 0 bridgehead atoms. The van der Waals surface area contributed by atoms with Crippen molar-refractivity contribution in [3.63, 3.8) is 0 Å². The summed E-state index contributed by atoms with van der Waals surface area (Å²) >= 11 is 0. The Morgan fingerprint density at radius 1 is 1.27 bits per heavy atom. The second-order valence-corrected chi connectivity index (χ2v) is 4.00. The van der Waals surface area contributed by atoms with Gasteiger partial charge in [0.25, 0.3) is 0 Å². The largest absolute Gasteiger partial charge is 0.393 e. The number of nitrogens with two attached hydrogens (primary N) is 2. The van der Waals surface area contributed by atoms with E-state index in [0.717, 1.165) is 12.8 Å². The van der Waals surface area contributed by atoms with E-state index in [1.54, 1.807) is 4.68 Å². The lowest BCUT2D eigenvalue weighted by Crippen LogP contribution is -2.16. The van der Waals surface area contributed by atoms with Gasteiger partial charge in [0.1, 0.15) is 17.6 Å². The monoisotopic (exact) mass is 205 g/mol.